The van der Waals surface area contributed by atoms with Crippen LogP contribution in [0.4, 0.5) is 39.5 Å². The highest BCUT2D eigenvalue weighted by atomic mass is 19.2. The van der Waals surface area contributed by atoms with Gasteiger partial charge in [0.2, 0.25) is 0 Å². The molecule has 0 spiro atoms. The quantitative estimate of drug-likeness (QED) is 0.132. The maximum atomic E-state index is 14.8. The molecule has 0 fully saturated rings. The summed E-state index contributed by atoms with van der Waals surface area (Å²) >= 11 is 0. The lowest BCUT2D eigenvalue weighted by molar-refractivity contribution is 0.458. The van der Waals surface area contributed by atoms with Gasteiger partial charge in [0.05, 0.1) is 11.1 Å². The summed E-state index contributed by atoms with van der Waals surface area (Å²) in [5, 5.41) is -1.09. The van der Waals surface area contributed by atoms with Crippen LogP contribution in [0.1, 0.15) is 0 Å². The van der Waals surface area contributed by atoms with Crippen LogP contribution < -0.4 is 0 Å². The van der Waals surface area contributed by atoms with Gasteiger partial charge < -0.3 is 0 Å². The first-order valence-corrected chi connectivity index (χ1v) is 9.92. The molecular weight excluding hydrogens is 483 g/mol. The van der Waals surface area contributed by atoms with E-state index in [1.54, 1.807) is 0 Å². The van der Waals surface area contributed by atoms with Gasteiger partial charge in [-0.3, -0.25) is 0 Å². The van der Waals surface area contributed by atoms with Crippen molar-refractivity contribution in [1.29, 1.82) is 0 Å². The Labute approximate surface area is 190 Å². The molecule has 5 aromatic carbocycles. The normalized spacial score (nSPS) is 11.6. The highest BCUT2D eigenvalue weighted by molar-refractivity contribution is 6.21. The van der Waals surface area contributed by atoms with E-state index in [4.69, 9.17) is 0 Å². The minimum absolute atomic E-state index is 0.00617. The Hall–Kier alpha value is -4.01. The molecular formula is C26H9F9. The van der Waals surface area contributed by atoms with Gasteiger partial charge in [-0.05, 0) is 33.7 Å². The molecule has 0 saturated carbocycles. The Morgan fingerprint density at radius 3 is 1.14 bits per heavy atom. The lowest BCUT2D eigenvalue weighted by atomic mass is 9.85. The van der Waals surface area contributed by atoms with Crippen molar-refractivity contribution in [3.63, 3.8) is 0 Å². The smallest absolute Gasteiger partial charge is 0.169 e. The van der Waals surface area contributed by atoms with Crippen LogP contribution in [0.2, 0.25) is 0 Å². The molecule has 0 bridgehead atoms. The van der Waals surface area contributed by atoms with E-state index in [0.29, 0.717) is 0 Å². The highest BCUT2D eigenvalue weighted by Crippen LogP contribution is 2.47. The minimum Gasteiger partial charge on any atom is -0.207 e. The van der Waals surface area contributed by atoms with Gasteiger partial charge in [0.25, 0.3) is 0 Å². The Morgan fingerprint density at radius 1 is 0.343 bits per heavy atom. The fourth-order valence-electron chi connectivity index (χ4n) is 4.27. The van der Waals surface area contributed by atoms with E-state index in [1.165, 1.54) is 24.3 Å². The minimum atomic E-state index is -1.79. The number of hydrogen-bond acceptors (Lipinski definition) is 0. The second-order valence-electron chi connectivity index (χ2n) is 7.67. The zero-order valence-corrected chi connectivity index (χ0v) is 17.1. The van der Waals surface area contributed by atoms with Gasteiger partial charge in [-0.25, -0.2) is 39.5 Å². The summed E-state index contributed by atoms with van der Waals surface area (Å²) in [7, 11) is 0. The predicted octanol–water partition coefficient (Wildman–Crippen LogP) is 8.58. The molecule has 0 atom stereocenters. The molecule has 5 rings (SSSR count). The first-order chi connectivity index (χ1) is 16.6. The predicted molar refractivity (Wildman–Crippen MR) is 112 cm³/mol. The molecule has 9 heteroatoms. The van der Waals surface area contributed by atoms with Gasteiger partial charge in [0.15, 0.2) is 46.5 Å². The van der Waals surface area contributed by atoms with Crippen LogP contribution in [0.15, 0.2) is 54.6 Å². The molecule has 0 aliphatic heterocycles. The van der Waals surface area contributed by atoms with E-state index in [-0.39, 0.29) is 28.3 Å². The molecule has 0 aliphatic carbocycles. The maximum absolute atomic E-state index is 14.8. The molecule has 0 heterocycles. The largest absolute Gasteiger partial charge is 0.207 e. The summed E-state index contributed by atoms with van der Waals surface area (Å²) in [6.45, 7) is 0. The summed E-state index contributed by atoms with van der Waals surface area (Å²) in [5.74, 6) is -15.0. The third kappa shape index (κ3) is 3.33. The van der Waals surface area contributed by atoms with Crippen molar-refractivity contribution < 1.29 is 39.5 Å². The van der Waals surface area contributed by atoms with Crippen LogP contribution in [0.5, 0.6) is 0 Å². The van der Waals surface area contributed by atoms with Crippen molar-refractivity contribution in [2.75, 3.05) is 0 Å². The molecule has 35 heavy (non-hydrogen) atoms. The van der Waals surface area contributed by atoms with Crippen molar-refractivity contribution in [3.05, 3.63) is 107 Å². The topological polar surface area (TPSA) is 0 Å². The highest BCUT2D eigenvalue weighted by Gasteiger charge is 2.29. The Kier molecular flexibility index (Phi) is 5.23. The van der Waals surface area contributed by atoms with Gasteiger partial charge in [-0.15, -0.1) is 0 Å². The average molecular weight is 492 g/mol. The molecule has 0 nitrogen and oxygen atoms in total. The lowest BCUT2D eigenvalue weighted by Gasteiger charge is -2.19. The van der Waals surface area contributed by atoms with Crippen molar-refractivity contribution in [2.45, 2.75) is 0 Å². The molecule has 0 saturated heterocycles. The molecule has 0 aliphatic rings. The van der Waals surface area contributed by atoms with E-state index < -0.39 is 80.0 Å². The van der Waals surface area contributed by atoms with E-state index in [9.17, 15) is 39.5 Å². The van der Waals surface area contributed by atoms with Crippen LogP contribution in [0.3, 0.4) is 0 Å². The van der Waals surface area contributed by atoms with Gasteiger partial charge >= 0.3 is 0 Å². The maximum Gasteiger partial charge on any atom is 0.169 e. The molecule has 0 aromatic heterocycles. The second-order valence-corrected chi connectivity index (χ2v) is 7.67. The van der Waals surface area contributed by atoms with Crippen LogP contribution >= 0.6 is 0 Å². The number of fused-ring (bicyclic) bond motifs is 2. The SMILES string of the molecule is Fc1ccc2c(-c3c(F)c(F)cc(F)c3F)c3ccccc3c(-c3c(F)c(F)cc(F)c3F)c2c1. The number of hydrogen-bond donors (Lipinski definition) is 0. The van der Waals surface area contributed by atoms with Gasteiger partial charge in [-0.1, -0.05) is 30.3 Å². The van der Waals surface area contributed by atoms with Crippen LogP contribution in [0, 0.1) is 52.4 Å². The third-order valence-corrected chi connectivity index (χ3v) is 5.71. The Morgan fingerprint density at radius 2 is 0.714 bits per heavy atom. The van der Waals surface area contributed by atoms with E-state index in [1.807, 2.05) is 0 Å². The van der Waals surface area contributed by atoms with Crippen molar-refractivity contribution in [3.8, 4) is 22.3 Å². The number of benzene rings is 5. The van der Waals surface area contributed by atoms with Crippen molar-refractivity contribution in [2.24, 2.45) is 0 Å². The summed E-state index contributed by atoms with van der Waals surface area (Å²) in [5.41, 5.74) is -3.31. The zero-order chi connectivity index (χ0) is 25.2. The fourth-order valence-corrected chi connectivity index (χ4v) is 4.27. The molecule has 0 unspecified atom stereocenters. The second kappa shape index (κ2) is 8.04. The van der Waals surface area contributed by atoms with Crippen LogP contribution in [-0.4, -0.2) is 0 Å². The summed E-state index contributed by atoms with van der Waals surface area (Å²) in [6.07, 6.45) is 0. The number of halogens is 9. The standard InChI is InChI=1S/C26H9F9/c27-10-5-6-13-14(7-10)20(22-25(34)17(30)9-18(31)26(22)35)12-4-2-1-3-11(12)19(13)21-23(32)15(28)8-16(29)24(21)33/h1-9H. The summed E-state index contributed by atoms with van der Waals surface area (Å²) < 4.78 is 130. The summed E-state index contributed by atoms with van der Waals surface area (Å²) in [4.78, 5) is 0. The zero-order valence-electron chi connectivity index (χ0n) is 17.1. The monoisotopic (exact) mass is 492 g/mol. The van der Waals surface area contributed by atoms with Crippen molar-refractivity contribution >= 4 is 21.5 Å². The fraction of sp³-hybridized carbons (Fsp3) is 0. The molecule has 5 aromatic rings. The molecule has 0 amide bonds. The first kappa shape index (κ1) is 22.8. The third-order valence-electron chi connectivity index (χ3n) is 5.71. The summed E-state index contributed by atoms with van der Waals surface area (Å²) in [6, 6.07) is 7.67. The molecule has 0 N–H and O–H groups in total. The van der Waals surface area contributed by atoms with Gasteiger partial charge in [-0.2, -0.15) is 0 Å². The van der Waals surface area contributed by atoms with Gasteiger partial charge in [0, 0.05) is 23.3 Å². The molecule has 176 valence electrons. The van der Waals surface area contributed by atoms with E-state index in [0.717, 1.165) is 18.2 Å². The van der Waals surface area contributed by atoms with Gasteiger partial charge in [0.1, 0.15) is 5.82 Å². The van der Waals surface area contributed by atoms with E-state index in [2.05, 4.69) is 0 Å². The first-order valence-electron chi connectivity index (χ1n) is 9.92. The van der Waals surface area contributed by atoms with E-state index >= 15 is 0 Å². The Balaban J connectivity index is 2.10. The van der Waals surface area contributed by atoms with Crippen molar-refractivity contribution in [1.82, 2.24) is 0 Å². The van der Waals surface area contributed by atoms with Crippen LogP contribution in [0.25, 0.3) is 43.8 Å². The number of rotatable bonds is 2. The molecule has 0 radical (unpaired) electrons. The lowest BCUT2D eigenvalue weighted by Crippen LogP contribution is -2.03. The van der Waals surface area contributed by atoms with Crippen LogP contribution in [-0.2, 0) is 0 Å². The Bertz CT molecular complexity index is 1640. The average Bonchev–Trinajstić information content (AvgIpc) is 2.82.